The second kappa shape index (κ2) is 7.59. The summed E-state index contributed by atoms with van der Waals surface area (Å²) in [6.07, 6.45) is -3.43. The lowest BCUT2D eigenvalue weighted by molar-refractivity contribution is -0.143. The van der Waals surface area contributed by atoms with Gasteiger partial charge in [-0.05, 0) is 36.6 Å². The minimum Gasteiger partial charge on any atom is -0.478 e. The maximum absolute atomic E-state index is 13.2. The minimum absolute atomic E-state index is 0.00329. The topological polar surface area (TPSA) is 84.2 Å². The number of carboxylic acids is 1. The molecular formula is C17H18F3N3O3. The molecule has 140 valence electrons. The highest BCUT2D eigenvalue weighted by Gasteiger charge is 2.40. The molecule has 0 saturated carbocycles. The van der Waals surface area contributed by atoms with Gasteiger partial charge in [-0.3, -0.25) is 4.79 Å². The second-order valence-electron chi connectivity index (χ2n) is 6.11. The number of hydrogen-bond donors (Lipinski definition) is 2. The van der Waals surface area contributed by atoms with Crippen LogP contribution in [-0.2, 0) is 6.18 Å². The van der Waals surface area contributed by atoms with E-state index in [1.165, 1.54) is 24.3 Å². The van der Waals surface area contributed by atoms with Gasteiger partial charge in [-0.2, -0.15) is 18.3 Å². The average molecular weight is 369 g/mol. The van der Waals surface area contributed by atoms with Crippen LogP contribution in [0.3, 0.4) is 0 Å². The van der Waals surface area contributed by atoms with Crippen LogP contribution >= 0.6 is 0 Å². The molecule has 0 unspecified atom stereocenters. The SMILES string of the molecule is CC(C)CCNC(=O)c1ccc(-n2ncc(C(=O)O)c2C(F)(F)F)cc1. The Morgan fingerprint density at radius 2 is 1.85 bits per heavy atom. The molecule has 0 saturated heterocycles. The van der Waals surface area contributed by atoms with Crippen LogP contribution < -0.4 is 5.32 Å². The number of rotatable bonds is 6. The van der Waals surface area contributed by atoms with Crippen LogP contribution in [0.25, 0.3) is 5.69 Å². The molecule has 1 aromatic heterocycles. The maximum atomic E-state index is 13.2. The van der Waals surface area contributed by atoms with Crippen molar-refractivity contribution in [2.75, 3.05) is 6.54 Å². The fraction of sp³-hybridized carbons (Fsp3) is 0.353. The summed E-state index contributed by atoms with van der Waals surface area (Å²) in [5.41, 5.74) is -2.02. The lowest BCUT2D eigenvalue weighted by atomic mass is 10.1. The van der Waals surface area contributed by atoms with E-state index < -0.39 is 23.4 Å². The van der Waals surface area contributed by atoms with Crippen LogP contribution in [-0.4, -0.2) is 33.3 Å². The summed E-state index contributed by atoms with van der Waals surface area (Å²) in [5.74, 6) is -1.62. The van der Waals surface area contributed by atoms with E-state index in [1.807, 2.05) is 13.8 Å². The molecule has 1 aromatic carbocycles. The second-order valence-corrected chi connectivity index (χ2v) is 6.11. The number of aromatic nitrogens is 2. The monoisotopic (exact) mass is 369 g/mol. The molecule has 9 heteroatoms. The zero-order valence-electron chi connectivity index (χ0n) is 14.2. The summed E-state index contributed by atoms with van der Waals surface area (Å²) < 4.78 is 40.1. The Labute approximate surface area is 147 Å². The van der Waals surface area contributed by atoms with E-state index >= 15 is 0 Å². The molecule has 1 heterocycles. The van der Waals surface area contributed by atoms with E-state index in [-0.39, 0.29) is 17.2 Å². The van der Waals surface area contributed by atoms with Crippen molar-refractivity contribution in [2.24, 2.45) is 5.92 Å². The van der Waals surface area contributed by atoms with Gasteiger partial charge >= 0.3 is 12.1 Å². The van der Waals surface area contributed by atoms with E-state index in [2.05, 4.69) is 10.4 Å². The van der Waals surface area contributed by atoms with E-state index in [0.29, 0.717) is 23.3 Å². The molecule has 26 heavy (non-hydrogen) atoms. The summed E-state index contributed by atoms with van der Waals surface area (Å²) in [5, 5.41) is 15.2. The molecule has 0 aliphatic carbocycles. The number of hydrogen-bond acceptors (Lipinski definition) is 3. The van der Waals surface area contributed by atoms with Crippen LogP contribution in [0.15, 0.2) is 30.5 Å². The molecular weight excluding hydrogens is 351 g/mol. The summed E-state index contributed by atoms with van der Waals surface area (Å²) >= 11 is 0. The molecule has 0 aliphatic rings. The van der Waals surface area contributed by atoms with Crippen molar-refractivity contribution in [2.45, 2.75) is 26.4 Å². The molecule has 2 rings (SSSR count). The number of nitrogens with one attached hydrogen (secondary N) is 1. The van der Waals surface area contributed by atoms with Crippen LogP contribution in [0, 0.1) is 5.92 Å². The van der Waals surface area contributed by atoms with Gasteiger partial charge in [-0.15, -0.1) is 0 Å². The zero-order valence-corrected chi connectivity index (χ0v) is 14.2. The van der Waals surface area contributed by atoms with Crippen molar-refractivity contribution in [3.63, 3.8) is 0 Å². The lowest BCUT2D eigenvalue weighted by Gasteiger charge is -2.12. The summed E-state index contributed by atoms with van der Waals surface area (Å²) in [7, 11) is 0. The first-order valence-corrected chi connectivity index (χ1v) is 7.88. The predicted octanol–water partition coefficient (Wildman–Crippen LogP) is 3.37. The van der Waals surface area contributed by atoms with Crippen LogP contribution in [0.4, 0.5) is 13.2 Å². The largest absolute Gasteiger partial charge is 0.478 e. The highest BCUT2D eigenvalue weighted by molar-refractivity contribution is 5.94. The van der Waals surface area contributed by atoms with Crippen LogP contribution in [0.5, 0.6) is 0 Å². The Morgan fingerprint density at radius 3 is 2.35 bits per heavy atom. The summed E-state index contributed by atoms with van der Waals surface area (Å²) in [6.45, 7) is 4.54. The lowest BCUT2D eigenvalue weighted by Crippen LogP contribution is -2.25. The number of carbonyl (C=O) groups excluding carboxylic acids is 1. The Bertz CT molecular complexity index is 796. The normalized spacial score (nSPS) is 11.6. The third kappa shape index (κ3) is 4.41. The quantitative estimate of drug-likeness (QED) is 0.818. The molecule has 0 spiro atoms. The van der Waals surface area contributed by atoms with Crippen molar-refractivity contribution >= 4 is 11.9 Å². The van der Waals surface area contributed by atoms with Gasteiger partial charge in [0.25, 0.3) is 5.91 Å². The molecule has 0 atom stereocenters. The average Bonchev–Trinajstić information content (AvgIpc) is 3.00. The van der Waals surface area contributed by atoms with Crippen LogP contribution in [0.1, 0.15) is 46.7 Å². The van der Waals surface area contributed by atoms with E-state index in [9.17, 15) is 22.8 Å². The standard InChI is InChI=1S/C17H18F3N3O3/c1-10(2)7-8-21-15(24)11-3-5-12(6-4-11)23-14(17(18,19)20)13(9-22-23)16(25)26/h3-6,9-10H,7-8H2,1-2H3,(H,21,24)(H,25,26). The van der Waals surface area contributed by atoms with Crippen molar-refractivity contribution in [1.29, 1.82) is 0 Å². The van der Waals surface area contributed by atoms with Gasteiger partial charge in [0.05, 0.1) is 11.9 Å². The Hall–Kier alpha value is -2.84. The molecule has 2 N–H and O–H groups in total. The molecule has 6 nitrogen and oxygen atoms in total. The number of carbonyl (C=O) groups is 2. The Balaban J connectivity index is 2.26. The van der Waals surface area contributed by atoms with Crippen molar-refractivity contribution in [1.82, 2.24) is 15.1 Å². The van der Waals surface area contributed by atoms with Gasteiger partial charge in [0.15, 0.2) is 5.69 Å². The summed E-state index contributed by atoms with van der Waals surface area (Å²) in [6, 6.07) is 5.29. The highest BCUT2D eigenvalue weighted by atomic mass is 19.4. The van der Waals surface area contributed by atoms with Crippen LogP contribution in [0.2, 0.25) is 0 Å². The predicted molar refractivity (Wildman–Crippen MR) is 87.3 cm³/mol. The van der Waals surface area contributed by atoms with Gasteiger partial charge in [0.2, 0.25) is 0 Å². The van der Waals surface area contributed by atoms with E-state index in [0.717, 1.165) is 6.42 Å². The molecule has 2 aromatic rings. The highest BCUT2D eigenvalue weighted by Crippen LogP contribution is 2.33. The van der Waals surface area contributed by atoms with Gasteiger partial charge in [0.1, 0.15) is 5.56 Å². The van der Waals surface area contributed by atoms with Crippen molar-refractivity contribution in [3.05, 3.63) is 47.3 Å². The molecule has 0 bridgehead atoms. The first kappa shape index (κ1) is 19.5. The molecule has 0 aliphatic heterocycles. The van der Waals surface area contributed by atoms with Crippen molar-refractivity contribution in [3.8, 4) is 5.69 Å². The zero-order chi connectivity index (χ0) is 19.5. The first-order chi connectivity index (χ1) is 12.1. The van der Waals surface area contributed by atoms with E-state index in [4.69, 9.17) is 5.11 Å². The number of benzene rings is 1. The third-order valence-electron chi connectivity index (χ3n) is 3.65. The molecule has 0 radical (unpaired) electrons. The first-order valence-electron chi connectivity index (χ1n) is 7.88. The van der Waals surface area contributed by atoms with Gasteiger partial charge in [-0.1, -0.05) is 13.8 Å². The smallest absolute Gasteiger partial charge is 0.434 e. The van der Waals surface area contributed by atoms with E-state index in [1.54, 1.807) is 0 Å². The number of halogens is 3. The fourth-order valence-corrected chi connectivity index (χ4v) is 2.30. The van der Waals surface area contributed by atoms with Gasteiger partial charge in [-0.25, -0.2) is 9.48 Å². The minimum atomic E-state index is -4.89. The number of carboxylic acid groups (broad SMARTS) is 1. The third-order valence-corrected chi connectivity index (χ3v) is 3.65. The number of alkyl halides is 3. The van der Waals surface area contributed by atoms with Gasteiger partial charge in [0, 0.05) is 12.1 Å². The molecule has 1 amide bonds. The maximum Gasteiger partial charge on any atom is 0.434 e. The Kier molecular flexibility index (Phi) is 5.69. The summed E-state index contributed by atoms with van der Waals surface area (Å²) in [4.78, 5) is 23.0. The fourth-order valence-electron chi connectivity index (χ4n) is 2.30. The number of amides is 1. The Morgan fingerprint density at radius 1 is 1.23 bits per heavy atom. The molecule has 0 fully saturated rings. The number of nitrogens with zero attached hydrogens (tertiary/aromatic N) is 2. The van der Waals surface area contributed by atoms with Crippen molar-refractivity contribution < 1.29 is 27.9 Å². The van der Waals surface area contributed by atoms with Gasteiger partial charge < -0.3 is 10.4 Å². The number of aromatic carboxylic acids is 1.